The molecule has 0 spiro atoms. The molecule has 0 aliphatic rings. The Morgan fingerprint density at radius 1 is 1.43 bits per heavy atom. The fourth-order valence-corrected chi connectivity index (χ4v) is 2.22. The van der Waals surface area contributed by atoms with Crippen molar-refractivity contribution in [3.63, 3.8) is 0 Å². The molecule has 0 saturated heterocycles. The number of H-pyrrole nitrogens is 1. The van der Waals surface area contributed by atoms with E-state index in [2.05, 4.69) is 9.97 Å². The van der Waals surface area contributed by atoms with E-state index in [0.717, 1.165) is 0 Å². The Morgan fingerprint density at radius 3 is 2.78 bits per heavy atom. The van der Waals surface area contributed by atoms with Gasteiger partial charge in [-0.15, -0.1) is 12.4 Å². The molecule has 1 heterocycles. The summed E-state index contributed by atoms with van der Waals surface area (Å²) in [6.07, 6.45) is 0. The van der Waals surface area contributed by atoms with Crippen molar-refractivity contribution in [3.05, 3.63) is 40.4 Å². The van der Waals surface area contributed by atoms with Crippen molar-refractivity contribution in [3.8, 4) is 0 Å². The first-order valence-electron chi connectivity index (χ1n) is 7.08. The van der Waals surface area contributed by atoms with Crippen molar-refractivity contribution in [2.24, 2.45) is 5.73 Å². The largest absolute Gasteiger partial charge is 0.383 e. The van der Waals surface area contributed by atoms with E-state index in [9.17, 15) is 9.59 Å². The molecule has 2 aromatic rings. The normalized spacial score (nSPS) is 11.8. The third kappa shape index (κ3) is 4.51. The summed E-state index contributed by atoms with van der Waals surface area (Å²) in [5.74, 6) is 0.198. The Bertz CT molecular complexity index is 719. The van der Waals surface area contributed by atoms with Gasteiger partial charge in [-0.25, -0.2) is 4.98 Å². The molecule has 1 atom stereocenters. The van der Waals surface area contributed by atoms with Gasteiger partial charge in [0.1, 0.15) is 11.9 Å². The predicted octanol–water partition coefficient (Wildman–Crippen LogP) is 0.667. The molecule has 0 aliphatic heterocycles. The Labute approximate surface area is 140 Å². The first kappa shape index (κ1) is 19.1. The molecule has 8 heteroatoms. The van der Waals surface area contributed by atoms with Crippen LogP contribution in [0.15, 0.2) is 29.1 Å². The Balaban J connectivity index is 0.00000264. The monoisotopic (exact) mass is 340 g/mol. The van der Waals surface area contributed by atoms with Gasteiger partial charge in [-0.05, 0) is 19.1 Å². The number of nitrogens with one attached hydrogen (secondary N) is 1. The number of benzene rings is 1. The first-order valence-corrected chi connectivity index (χ1v) is 7.08. The number of amides is 1. The number of rotatable bonds is 6. The van der Waals surface area contributed by atoms with Crippen LogP contribution in [-0.2, 0) is 16.1 Å². The molecule has 126 valence electrons. The van der Waals surface area contributed by atoms with Gasteiger partial charge in [0.25, 0.3) is 5.56 Å². The lowest BCUT2D eigenvalue weighted by atomic mass is 10.2. The lowest BCUT2D eigenvalue weighted by molar-refractivity contribution is -0.134. The van der Waals surface area contributed by atoms with Crippen LogP contribution in [0.3, 0.4) is 0 Å². The maximum atomic E-state index is 12.2. The summed E-state index contributed by atoms with van der Waals surface area (Å²) < 4.78 is 4.90. The third-order valence-electron chi connectivity index (χ3n) is 3.36. The molecular weight excluding hydrogens is 320 g/mol. The quantitative estimate of drug-likeness (QED) is 0.804. The van der Waals surface area contributed by atoms with Gasteiger partial charge in [0, 0.05) is 13.7 Å². The molecule has 23 heavy (non-hydrogen) atoms. The molecule has 0 radical (unpaired) electrons. The summed E-state index contributed by atoms with van der Waals surface area (Å²) in [6.45, 7) is 2.66. The Morgan fingerprint density at radius 2 is 2.13 bits per heavy atom. The molecule has 1 aromatic carbocycles. The van der Waals surface area contributed by atoms with Crippen LogP contribution in [0.1, 0.15) is 12.7 Å². The number of likely N-dealkylation sites (N-methyl/N-ethyl adjacent to an activating group) is 1. The molecule has 2 rings (SSSR count). The summed E-state index contributed by atoms with van der Waals surface area (Å²) >= 11 is 0. The minimum Gasteiger partial charge on any atom is -0.383 e. The van der Waals surface area contributed by atoms with Crippen LogP contribution < -0.4 is 11.3 Å². The van der Waals surface area contributed by atoms with Crippen LogP contribution in [0.25, 0.3) is 10.9 Å². The number of fused-ring (bicyclic) bond motifs is 1. The van der Waals surface area contributed by atoms with E-state index in [1.165, 1.54) is 12.0 Å². The van der Waals surface area contributed by atoms with Gasteiger partial charge in [-0.1, -0.05) is 12.1 Å². The minimum absolute atomic E-state index is 0. The predicted molar refractivity (Wildman–Crippen MR) is 90.6 cm³/mol. The smallest absolute Gasteiger partial charge is 0.258 e. The number of nitrogens with two attached hydrogens (primary N) is 1. The number of ether oxygens (including phenoxy) is 1. The average molecular weight is 341 g/mol. The second kappa shape index (κ2) is 8.61. The number of hydrogen-bond acceptors (Lipinski definition) is 5. The molecular formula is C15H21ClN4O3. The van der Waals surface area contributed by atoms with Gasteiger partial charge in [0.2, 0.25) is 5.91 Å². The third-order valence-corrected chi connectivity index (χ3v) is 3.36. The molecule has 1 unspecified atom stereocenters. The van der Waals surface area contributed by atoms with E-state index in [4.69, 9.17) is 10.5 Å². The highest BCUT2D eigenvalue weighted by Gasteiger charge is 2.20. The van der Waals surface area contributed by atoms with Gasteiger partial charge in [0.05, 0.1) is 24.1 Å². The highest BCUT2D eigenvalue weighted by Crippen LogP contribution is 2.07. The lowest BCUT2D eigenvalue weighted by Crippen LogP contribution is -2.46. The van der Waals surface area contributed by atoms with Crippen molar-refractivity contribution < 1.29 is 9.53 Å². The maximum absolute atomic E-state index is 12.2. The Hall–Kier alpha value is -1.96. The SMILES string of the molecule is CCN(Cc1nc2ccccc2c(=O)[nH]1)C(=O)C(N)COC.Cl. The molecule has 3 N–H and O–H groups in total. The van der Waals surface area contributed by atoms with Crippen molar-refractivity contribution >= 4 is 29.2 Å². The minimum atomic E-state index is -0.725. The van der Waals surface area contributed by atoms with E-state index in [-0.39, 0.29) is 37.0 Å². The number of aromatic nitrogens is 2. The number of nitrogens with zero attached hydrogens (tertiary/aromatic N) is 2. The zero-order valence-corrected chi connectivity index (χ0v) is 13.9. The number of methoxy groups -OCH3 is 1. The van der Waals surface area contributed by atoms with Crippen LogP contribution in [-0.4, -0.2) is 47.1 Å². The molecule has 1 aromatic heterocycles. The van der Waals surface area contributed by atoms with Gasteiger partial charge >= 0.3 is 0 Å². The molecule has 0 aliphatic carbocycles. The summed E-state index contributed by atoms with van der Waals surface area (Å²) in [4.78, 5) is 32.9. The number of aromatic amines is 1. The number of halogens is 1. The Kier molecular flexibility index (Phi) is 7.15. The van der Waals surface area contributed by atoms with Crippen molar-refractivity contribution in [2.45, 2.75) is 19.5 Å². The number of carbonyl (C=O) groups excluding carboxylic acids is 1. The van der Waals surface area contributed by atoms with Crippen LogP contribution in [0.4, 0.5) is 0 Å². The first-order chi connectivity index (χ1) is 10.6. The summed E-state index contributed by atoms with van der Waals surface area (Å²) in [7, 11) is 1.49. The number of hydrogen-bond donors (Lipinski definition) is 2. The van der Waals surface area contributed by atoms with Crippen molar-refractivity contribution in [1.82, 2.24) is 14.9 Å². The molecule has 1 amide bonds. The van der Waals surface area contributed by atoms with Crippen LogP contribution >= 0.6 is 12.4 Å². The zero-order chi connectivity index (χ0) is 16.1. The van der Waals surface area contributed by atoms with E-state index in [0.29, 0.717) is 23.3 Å². The average Bonchev–Trinajstić information content (AvgIpc) is 2.52. The number of para-hydroxylation sites is 1. The van der Waals surface area contributed by atoms with Gasteiger partial charge in [0.15, 0.2) is 0 Å². The summed E-state index contributed by atoms with van der Waals surface area (Å²) in [6, 6.07) is 6.35. The number of carbonyl (C=O) groups is 1. The van der Waals surface area contributed by atoms with Crippen LogP contribution in [0.2, 0.25) is 0 Å². The second-order valence-corrected chi connectivity index (χ2v) is 4.94. The van der Waals surface area contributed by atoms with Crippen LogP contribution in [0.5, 0.6) is 0 Å². The highest BCUT2D eigenvalue weighted by molar-refractivity contribution is 5.85. The molecule has 0 bridgehead atoms. The van der Waals surface area contributed by atoms with E-state index >= 15 is 0 Å². The van der Waals surface area contributed by atoms with Crippen molar-refractivity contribution in [1.29, 1.82) is 0 Å². The lowest BCUT2D eigenvalue weighted by Gasteiger charge is -2.23. The van der Waals surface area contributed by atoms with Gasteiger partial charge in [-0.3, -0.25) is 9.59 Å². The standard InChI is InChI=1S/C15H20N4O3.ClH/c1-3-19(15(21)11(16)9-22-2)8-13-17-12-7-5-4-6-10(12)14(20)18-13;/h4-7,11H,3,8-9,16H2,1-2H3,(H,17,18,20);1H. The van der Waals surface area contributed by atoms with Gasteiger partial charge in [-0.2, -0.15) is 0 Å². The van der Waals surface area contributed by atoms with Gasteiger partial charge < -0.3 is 20.4 Å². The van der Waals surface area contributed by atoms with E-state index < -0.39 is 6.04 Å². The highest BCUT2D eigenvalue weighted by atomic mass is 35.5. The zero-order valence-electron chi connectivity index (χ0n) is 13.1. The topological polar surface area (TPSA) is 101 Å². The van der Waals surface area contributed by atoms with Crippen LogP contribution in [0, 0.1) is 0 Å². The molecule has 0 saturated carbocycles. The maximum Gasteiger partial charge on any atom is 0.258 e. The van der Waals surface area contributed by atoms with E-state index in [1.807, 2.05) is 13.0 Å². The van der Waals surface area contributed by atoms with E-state index in [1.54, 1.807) is 18.2 Å². The summed E-state index contributed by atoms with van der Waals surface area (Å²) in [5.41, 5.74) is 6.16. The second-order valence-electron chi connectivity index (χ2n) is 4.94. The fraction of sp³-hybridized carbons (Fsp3) is 0.400. The van der Waals surface area contributed by atoms with Crippen molar-refractivity contribution in [2.75, 3.05) is 20.3 Å². The molecule has 0 fully saturated rings. The fourth-order valence-electron chi connectivity index (χ4n) is 2.22. The summed E-state index contributed by atoms with van der Waals surface area (Å²) in [5, 5.41) is 0.525. The molecule has 7 nitrogen and oxygen atoms in total.